The Kier molecular flexibility index (Phi) is 7.51. The zero-order chi connectivity index (χ0) is 10.3. The average molecular weight is 266 g/mol. The SMILES string of the molecule is CC.CSCC(N)c1ccc(Br)o1. The molecule has 1 atom stereocenters. The maximum atomic E-state index is 5.78. The van der Waals surface area contributed by atoms with E-state index in [1.165, 1.54) is 0 Å². The summed E-state index contributed by atoms with van der Waals surface area (Å²) in [6, 6.07) is 3.76. The molecule has 0 aliphatic heterocycles. The molecule has 0 fully saturated rings. The summed E-state index contributed by atoms with van der Waals surface area (Å²) in [6.45, 7) is 4.00. The summed E-state index contributed by atoms with van der Waals surface area (Å²) < 4.78 is 6.02. The highest BCUT2D eigenvalue weighted by Crippen LogP contribution is 2.20. The fraction of sp³-hybridized carbons (Fsp3) is 0.556. The van der Waals surface area contributed by atoms with Crippen LogP contribution in [-0.4, -0.2) is 12.0 Å². The Hall–Kier alpha value is 0.0700. The van der Waals surface area contributed by atoms with Crippen LogP contribution in [0, 0.1) is 0 Å². The van der Waals surface area contributed by atoms with Crippen LogP contribution in [0.2, 0.25) is 0 Å². The van der Waals surface area contributed by atoms with Crippen molar-refractivity contribution in [3.05, 3.63) is 22.6 Å². The molecule has 76 valence electrons. The van der Waals surface area contributed by atoms with Gasteiger partial charge in [-0.15, -0.1) is 0 Å². The van der Waals surface area contributed by atoms with Gasteiger partial charge < -0.3 is 10.2 Å². The van der Waals surface area contributed by atoms with E-state index in [1.54, 1.807) is 11.8 Å². The van der Waals surface area contributed by atoms with Crippen molar-refractivity contribution in [2.75, 3.05) is 12.0 Å². The molecule has 0 spiro atoms. The first kappa shape index (κ1) is 13.1. The number of nitrogens with two attached hydrogens (primary N) is 1. The Morgan fingerprint density at radius 1 is 1.54 bits per heavy atom. The first-order chi connectivity index (χ1) is 6.24. The highest BCUT2D eigenvalue weighted by Gasteiger charge is 2.08. The zero-order valence-corrected chi connectivity index (χ0v) is 10.6. The van der Waals surface area contributed by atoms with Gasteiger partial charge in [0.05, 0.1) is 6.04 Å². The van der Waals surface area contributed by atoms with Crippen molar-refractivity contribution < 1.29 is 4.42 Å². The molecule has 1 unspecified atom stereocenters. The molecule has 13 heavy (non-hydrogen) atoms. The van der Waals surface area contributed by atoms with Gasteiger partial charge in [0.2, 0.25) is 0 Å². The first-order valence-electron chi connectivity index (χ1n) is 4.24. The van der Waals surface area contributed by atoms with Gasteiger partial charge >= 0.3 is 0 Å². The smallest absolute Gasteiger partial charge is 0.169 e. The van der Waals surface area contributed by atoms with Crippen LogP contribution < -0.4 is 5.73 Å². The molecule has 0 saturated heterocycles. The van der Waals surface area contributed by atoms with E-state index >= 15 is 0 Å². The van der Waals surface area contributed by atoms with Gasteiger partial charge in [-0.1, -0.05) is 13.8 Å². The van der Waals surface area contributed by atoms with Gasteiger partial charge in [-0.05, 0) is 34.3 Å². The molecule has 0 aliphatic carbocycles. The predicted molar refractivity (Wildman–Crippen MR) is 63.1 cm³/mol. The lowest BCUT2D eigenvalue weighted by molar-refractivity contribution is 0.463. The second-order valence-electron chi connectivity index (χ2n) is 2.20. The van der Waals surface area contributed by atoms with E-state index in [2.05, 4.69) is 15.9 Å². The fourth-order valence-corrected chi connectivity index (χ4v) is 1.63. The zero-order valence-electron chi connectivity index (χ0n) is 8.21. The lowest BCUT2D eigenvalue weighted by Gasteiger charge is -2.04. The minimum absolute atomic E-state index is 0.0105. The third kappa shape index (κ3) is 4.74. The Morgan fingerprint density at radius 3 is 2.54 bits per heavy atom. The lowest BCUT2D eigenvalue weighted by Crippen LogP contribution is -2.11. The third-order valence-electron chi connectivity index (χ3n) is 1.31. The molecule has 0 bridgehead atoms. The molecule has 1 aromatic heterocycles. The second kappa shape index (κ2) is 7.47. The number of hydrogen-bond donors (Lipinski definition) is 1. The van der Waals surface area contributed by atoms with Gasteiger partial charge in [0.1, 0.15) is 5.76 Å². The van der Waals surface area contributed by atoms with Crippen LogP contribution in [0.5, 0.6) is 0 Å². The second-order valence-corrected chi connectivity index (χ2v) is 3.90. The molecule has 0 saturated carbocycles. The van der Waals surface area contributed by atoms with Crippen LogP contribution in [0.25, 0.3) is 0 Å². The highest BCUT2D eigenvalue weighted by molar-refractivity contribution is 9.10. The molecule has 0 radical (unpaired) electrons. The minimum Gasteiger partial charge on any atom is -0.453 e. The van der Waals surface area contributed by atoms with Crippen molar-refractivity contribution >= 4 is 27.7 Å². The number of hydrogen-bond acceptors (Lipinski definition) is 3. The normalized spacial score (nSPS) is 11.8. The van der Waals surface area contributed by atoms with Crippen LogP contribution in [0.1, 0.15) is 25.6 Å². The van der Waals surface area contributed by atoms with E-state index in [0.29, 0.717) is 0 Å². The molecule has 0 aromatic carbocycles. The summed E-state index contributed by atoms with van der Waals surface area (Å²) in [6.07, 6.45) is 2.03. The lowest BCUT2D eigenvalue weighted by atomic mass is 10.3. The molecule has 1 rings (SSSR count). The maximum Gasteiger partial charge on any atom is 0.169 e. The summed E-state index contributed by atoms with van der Waals surface area (Å²) in [5.41, 5.74) is 5.78. The van der Waals surface area contributed by atoms with Crippen molar-refractivity contribution in [1.29, 1.82) is 0 Å². The molecular formula is C9H16BrNOS. The van der Waals surface area contributed by atoms with Gasteiger partial charge in [-0.25, -0.2) is 0 Å². The van der Waals surface area contributed by atoms with Gasteiger partial charge in [0.15, 0.2) is 4.67 Å². The summed E-state index contributed by atoms with van der Waals surface area (Å²) in [4.78, 5) is 0. The summed E-state index contributed by atoms with van der Waals surface area (Å²) >= 11 is 4.94. The molecule has 2 nitrogen and oxygen atoms in total. The molecule has 0 aliphatic rings. The molecule has 4 heteroatoms. The Morgan fingerprint density at radius 2 is 2.15 bits per heavy atom. The van der Waals surface area contributed by atoms with Gasteiger partial charge in [-0.3, -0.25) is 0 Å². The van der Waals surface area contributed by atoms with E-state index in [4.69, 9.17) is 10.2 Å². The van der Waals surface area contributed by atoms with E-state index in [1.807, 2.05) is 32.2 Å². The van der Waals surface area contributed by atoms with Crippen molar-refractivity contribution in [3.63, 3.8) is 0 Å². The fourth-order valence-electron chi connectivity index (χ4n) is 0.789. The number of thioether (sulfide) groups is 1. The van der Waals surface area contributed by atoms with Gasteiger partial charge in [-0.2, -0.15) is 11.8 Å². The third-order valence-corrected chi connectivity index (χ3v) is 2.42. The van der Waals surface area contributed by atoms with Crippen molar-refractivity contribution in [2.24, 2.45) is 5.73 Å². The topological polar surface area (TPSA) is 39.2 Å². The summed E-state index contributed by atoms with van der Waals surface area (Å²) in [5.74, 6) is 1.73. The van der Waals surface area contributed by atoms with Crippen LogP contribution in [0.15, 0.2) is 21.2 Å². The number of rotatable bonds is 3. The quantitative estimate of drug-likeness (QED) is 0.911. The first-order valence-corrected chi connectivity index (χ1v) is 6.42. The average Bonchev–Trinajstić information content (AvgIpc) is 2.56. The minimum atomic E-state index is 0.0105. The Bertz CT molecular complexity index is 227. The largest absolute Gasteiger partial charge is 0.453 e. The Labute approximate surface area is 92.4 Å². The summed E-state index contributed by atoms with van der Waals surface area (Å²) in [5, 5.41) is 0. The molecule has 1 aromatic rings. The van der Waals surface area contributed by atoms with Crippen LogP contribution in [0.4, 0.5) is 0 Å². The van der Waals surface area contributed by atoms with Crippen LogP contribution >= 0.6 is 27.7 Å². The monoisotopic (exact) mass is 265 g/mol. The van der Waals surface area contributed by atoms with Crippen molar-refractivity contribution in [1.82, 2.24) is 0 Å². The summed E-state index contributed by atoms with van der Waals surface area (Å²) in [7, 11) is 0. The Balaban J connectivity index is 0.000000671. The van der Waals surface area contributed by atoms with Crippen LogP contribution in [-0.2, 0) is 0 Å². The van der Waals surface area contributed by atoms with E-state index in [-0.39, 0.29) is 6.04 Å². The molecule has 2 N–H and O–H groups in total. The van der Waals surface area contributed by atoms with Crippen LogP contribution in [0.3, 0.4) is 0 Å². The predicted octanol–water partition coefficient (Wildman–Crippen LogP) is 3.43. The number of halogens is 1. The highest BCUT2D eigenvalue weighted by atomic mass is 79.9. The van der Waals surface area contributed by atoms with E-state index in [9.17, 15) is 0 Å². The number of furan rings is 1. The van der Waals surface area contributed by atoms with Crippen molar-refractivity contribution in [2.45, 2.75) is 19.9 Å². The van der Waals surface area contributed by atoms with Gasteiger partial charge in [0, 0.05) is 5.75 Å². The molecular weight excluding hydrogens is 250 g/mol. The van der Waals surface area contributed by atoms with E-state index < -0.39 is 0 Å². The van der Waals surface area contributed by atoms with Gasteiger partial charge in [0.25, 0.3) is 0 Å². The molecule has 0 amide bonds. The maximum absolute atomic E-state index is 5.78. The standard InChI is InChI=1S/C7H10BrNOS.C2H6/c1-11-4-5(9)6-2-3-7(8)10-6;1-2/h2-3,5H,4,9H2,1H3;1-2H3. The van der Waals surface area contributed by atoms with Crippen molar-refractivity contribution in [3.8, 4) is 0 Å². The molecule has 1 heterocycles. The van der Waals surface area contributed by atoms with E-state index in [0.717, 1.165) is 16.2 Å².